The number of carbonyl (C=O) groups is 1. The molecule has 0 spiro atoms. The van der Waals surface area contributed by atoms with Crippen molar-refractivity contribution in [1.82, 2.24) is 14.8 Å². The van der Waals surface area contributed by atoms with Crippen molar-refractivity contribution in [3.05, 3.63) is 77.7 Å². The molecule has 0 aliphatic carbocycles. The van der Waals surface area contributed by atoms with E-state index in [1.165, 1.54) is 12.1 Å². The molecule has 1 aromatic heterocycles. The fourth-order valence-electron chi connectivity index (χ4n) is 4.55. The van der Waals surface area contributed by atoms with Gasteiger partial charge >= 0.3 is 0 Å². The molecule has 8 heteroatoms. The van der Waals surface area contributed by atoms with Gasteiger partial charge in [-0.25, -0.2) is 9.37 Å². The predicted molar refractivity (Wildman–Crippen MR) is 140 cm³/mol. The molecule has 196 valence electrons. The Morgan fingerprint density at radius 1 is 1.22 bits per heavy atom. The van der Waals surface area contributed by atoms with Gasteiger partial charge < -0.3 is 19.5 Å². The summed E-state index contributed by atoms with van der Waals surface area (Å²) >= 11 is 0. The maximum absolute atomic E-state index is 13.7. The van der Waals surface area contributed by atoms with Crippen LogP contribution in [0.4, 0.5) is 4.39 Å². The van der Waals surface area contributed by atoms with Crippen LogP contribution >= 0.6 is 0 Å². The first-order chi connectivity index (χ1) is 17.8. The quantitative estimate of drug-likeness (QED) is 0.492. The van der Waals surface area contributed by atoms with Crippen molar-refractivity contribution in [1.29, 1.82) is 0 Å². The van der Waals surface area contributed by atoms with Gasteiger partial charge in [-0.05, 0) is 55.4 Å². The maximum atomic E-state index is 13.7. The number of amides is 1. The number of fused-ring (bicyclic) bond motifs is 1. The van der Waals surface area contributed by atoms with Crippen LogP contribution < -0.4 is 9.47 Å². The Morgan fingerprint density at radius 2 is 1.97 bits per heavy atom. The van der Waals surface area contributed by atoms with Crippen LogP contribution in [0.2, 0.25) is 0 Å². The molecule has 1 aliphatic heterocycles. The molecule has 37 heavy (non-hydrogen) atoms. The highest BCUT2D eigenvalue weighted by atomic mass is 19.1. The molecule has 1 amide bonds. The second-order valence-electron chi connectivity index (χ2n) is 9.75. The second-order valence-corrected chi connectivity index (χ2v) is 9.75. The molecule has 0 saturated carbocycles. The highest BCUT2D eigenvalue weighted by Crippen LogP contribution is 2.31. The Bertz CT molecular complexity index is 1220. The van der Waals surface area contributed by atoms with Gasteiger partial charge in [0.25, 0.3) is 5.91 Å². The molecule has 0 bridgehead atoms. The number of hydrogen-bond acceptors (Lipinski definition) is 6. The van der Waals surface area contributed by atoms with Crippen molar-refractivity contribution >= 4 is 5.91 Å². The molecule has 2 heterocycles. The van der Waals surface area contributed by atoms with E-state index in [0.29, 0.717) is 30.9 Å². The van der Waals surface area contributed by atoms with E-state index in [2.05, 4.69) is 9.88 Å². The van der Waals surface area contributed by atoms with Gasteiger partial charge in [0.15, 0.2) is 0 Å². The lowest BCUT2D eigenvalue weighted by Crippen LogP contribution is -2.49. The summed E-state index contributed by atoms with van der Waals surface area (Å²) in [7, 11) is 3.59. The molecule has 7 nitrogen and oxygen atoms in total. The molecular formula is C29H34FN3O4. The number of halogens is 1. The van der Waals surface area contributed by atoms with E-state index in [9.17, 15) is 14.3 Å². The number of aromatic nitrogens is 1. The van der Waals surface area contributed by atoms with Gasteiger partial charge in [-0.1, -0.05) is 31.2 Å². The van der Waals surface area contributed by atoms with Crippen molar-refractivity contribution in [2.75, 3.05) is 33.9 Å². The van der Waals surface area contributed by atoms with E-state index in [1.54, 1.807) is 36.4 Å². The summed E-state index contributed by atoms with van der Waals surface area (Å²) in [4.78, 5) is 22.1. The van der Waals surface area contributed by atoms with Crippen molar-refractivity contribution in [2.45, 2.75) is 32.5 Å². The largest absolute Gasteiger partial charge is 0.497 e. The zero-order chi connectivity index (χ0) is 26.5. The van der Waals surface area contributed by atoms with Crippen molar-refractivity contribution in [2.24, 2.45) is 5.92 Å². The van der Waals surface area contributed by atoms with Crippen LogP contribution in [-0.4, -0.2) is 71.8 Å². The zero-order valence-corrected chi connectivity index (χ0v) is 21.7. The molecule has 4 rings (SSSR count). The smallest absolute Gasteiger partial charge is 0.259 e. The Morgan fingerprint density at radius 3 is 2.68 bits per heavy atom. The monoisotopic (exact) mass is 507 g/mol. The average Bonchev–Trinajstić information content (AvgIpc) is 2.91. The summed E-state index contributed by atoms with van der Waals surface area (Å²) in [6, 6.07) is 15.5. The third kappa shape index (κ3) is 6.26. The first kappa shape index (κ1) is 26.6. The molecule has 1 aliphatic rings. The number of nitrogens with zero attached hydrogens (tertiary/aromatic N) is 3. The van der Waals surface area contributed by atoms with E-state index in [-0.39, 0.29) is 42.3 Å². The van der Waals surface area contributed by atoms with Crippen LogP contribution in [0.3, 0.4) is 0 Å². The van der Waals surface area contributed by atoms with E-state index in [4.69, 9.17) is 9.47 Å². The number of benzene rings is 2. The number of likely N-dealkylation sites (N-methyl/N-ethyl adjacent to an activating group) is 1. The van der Waals surface area contributed by atoms with Gasteiger partial charge in [-0.2, -0.15) is 0 Å². The fourth-order valence-corrected chi connectivity index (χ4v) is 4.55. The first-order valence-corrected chi connectivity index (χ1v) is 12.4. The van der Waals surface area contributed by atoms with Crippen LogP contribution in [-0.2, 0) is 6.54 Å². The average molecular weight is 508 g/mol. The molecule has 1 N–H and O–H groups in total. The lowest BCUT2D eigenvalue weighted by atomic mass is 9.99. The van der Waals surface area contributed by atoms with Crippen LogP contribution in [0.15, 0.2) is 60.8 Å². The van der Waals surface area contributed by atoms with Crippen LogP contribution in [0.25, 0.3) is 11.1 Å². The SMILES string of the molecule is COc1cccc(-c2cnc3c(c2)C(=O)N([C@H](C)CO)C[C@H](C)[C@H](CN(C)Cc2ccc(F)cc2)O3)c1. The maximum Gasteiger partial charge on any atom is 0.259 e. The van der Waals surface area contributed by atoms with Gasteiger partial charge in [0.1, 0.15) is 23.2 Å². The standard InChI is InChI=1S/C29H34FN3O4/c1-19-15-33(20(2)18-34)29(35)26-13-23(22-6-5-7-25(12-22)36-4)14-31-28(26)37-27(19)17-32(3)16-21-8-10-24(30)11-9-21/h5-14,19-20,27,34H,15-18H2,1-4H3/t19-,20+,27-/m0/s1. The minimum atomic E-state index is -0.362. The van der Waals surface area contributed by atoms with Crippen LogP contribution in [0.1, 0.15) is 29.8 Å². The number of carbonyl (C=O) groups excluding carboxylic acids is 1. The number of hydrogen-bond donors (Lipinski definition) is 1. The molecule has 0 radical (unpaired) electrons. The zero-order valence-electron chi connectivity index (χ0n) is 21.7. The Labute approximate surface area is 217 Å². The van der Waals surface area contributed by atoms with Crippen molar-refractivity contribution < 1.29 is 23.8 Å². The topological polar surface area (TPSA) is 75.1 Å². The summed E-state index contributed by atoms with van der Waals surface area (Å²) in [5.74, 6) is 0.474. The summed E-state index contributed by atoms with van der Waals surface area (Å²) in [6.45, 7) is 5.35. The number of aliphatic hydroxyl groups is 1. The number of methoxy groups -OCH3 is 1. The Balaban J connectivity index is 1.65. The van der Waals surface area contributed by atoms with E-state index in [0.717, 1.165) is 16.7 Å². The molecular weight excluding hydrogens is 473 g/mol. The molecule has 0 fully saturated rings. The van der Waals surface area contributed by atoms with E-state index in [1.807, 2.05) is 45.2 Å². The van der Waals surface area contributed by atoms with Crippen LogP contribution in [0.5, 0.6) is 11.6 Å². The first-order valence-electron chi connectivity index (χ1n) is 12.4. The molecule has 3 atom stereocenters. The highest BCUT2D eigenvalue weighted by Gasteiger charge is 2.34. The van der Waals surface area contributed by atoms with Gasteiger partial charge in [-0.3, -0.25) is 9.69 Å². The Kier molecular flexibility index (Phi) is 8.41. The summed E-state index contributed by atoms with van der Waals surface area (Å²) in [6.07, 6.45) is 1.44. The van der Waals surface area contributed by atoms with Gasteiger partial charge in [0.05, 0.1) is 19.8 Å². The number of ether oxygens (including phenoxy) is 2. The summed E-state index contributed by atoms with van der Waals surface area (Å²) in [5.41, 5.74) is 2.99. The second kappa shape index (κ2) is 11.7. The number of aliphatic hydroxyl groups excluding tert-OH is 1. The van der Waals surface area contributed by atoms with E-state index >= 15 is 0 Å². The molecule has 0 unspecified atom stereocenters. The number of rotatable bonds is 8. The summed E-state index contributed by atoms with van der Waals surface area (Å²) < 4.78 is 25.1. The molecule has 3 aromatic rings. The Hall–Kier alpha value is -3.49. The normalized spacial score (nSPS) is 18.6. The third-order valence-electron chi connectivity index (χ3n) is 6.78. The van der Waals surface area contributed by atoms with E-state index < -0.39 is 0 Å². The lowest BCUT2D eigenvalue weighted by molar-refractivity contribution is 0.0325. The van der Waals surface area contributed by atoms with Gasteiger partial charge in [0.2, 0.25) is 5.88 Å². The van der Waals surface area contributed by atoms with Crippen molar-refractivity contribution in [3.8, 4) is 22.8 Å². The van der Waals surface area contributed by atoms with Crippen molar-refractivity contribution in [3.63, 3.8) is 0 Å². The fraction of sp³-hybridized carbons (Fsp3) is 0.379. The highest BCUT2D eigenvalue weighted by molar-refractivity contribution is 5.98. The van der Waals surface area contributed by atoms with Gasteiger partial charge in [0, 0.05) is 37.3 Å². The lowest BCUT2D eigenvalue weighted by Gasteiger charge is -2.37. The molecule has 2 aromatic carbocycles. The number of pyridine rings is 1. The third-order valence-corrected chi connectivity index (χ3v) is 6.78. The van der Waals surface area contributed by atoms with Gasteiger partial charge in [-0.15, -0.1) is 0 Å². The predicted octanol–water partition coefficient (Wildman–Crippen LogP) is 4.25. The van der Waals surface area contributed by atoms with Crippen LogP contribution in [0, 0.1) is 11.7 Å². The minimum Gasteiger partial charge on any atom is -0.497 e. The minimum absolute atomic E-state index is 0.0263. The molecule has 0 saturated heterocycles. The summed E-state index contributed by atoms with van der Waals surface area (Å²) in [5, 5.41) is 9.90.